The van der Waals surface area contributed by atoms with Crippen LogP contribution in [0.4, 0.5) is 0 Å². The lowest BCUT2D eigenvalue weighted by molar-refractivity contribution is -0.120. The van der Waals surface area contributed by atoms with Gasteiger partial charge in [0.05, 0.1) is 37.6 Å². The summed E-state index contributed by atoms with van der Waals surface area (Å²) in [5.41, 5.74) is 0.814. The van der Waals surface area contributed by atoms with Gasteiger partial charge in [0.2, 0.25) is 0 Å². The van der Waals surface area contributed by atoms with Gasteiger partial charge in [0.25, 0.3) is 5.91 Å². The lowest BCUT2D eigenvalue weighted by atomic mass is 10.3. The fourth-order valence-electron chi connectivity index (χ4n) is 2.81. The number of aromatic nitrogens is 1. The predicted molar refractivity (Wildman–Crippen MR) is 115 cm³/mol. The second-order valence-electron chi connectivity index (χ2n) is 6.05. The van der Waals surface area contributed by atoms with Gasteiger partial charge < -0.3 is 23.5 Å². The number of terminal acetylenes is 1. The van der Waals surface area contributed by atoms with E-state index in [2.05, 4.69) is 10.9 Å². The number of benzene rings is 2. The molecule has 0 radical (unpaired) electrons. The van der Waals surface area contributed by atoms with E-state index < -0.39 is 5.91 Å². The van der Waals surface area contributed by atoms with Gasteiger partial charge in [-0.1, -0.05) is 17.3 Å². The minimum Gasteiger partial charge on any atom is -0.494 e. The molecule has 1 aromatic heterocycles. The molecule has 2 aromatic carbocycles. The Bertz CT molecular complexity index is 1140. The average Bonchev–Trinajstić information content (AvgIpc) is 3.08. The van der Waals surface area contributed by atoms with E-state index in [4.69, 9.17) is 25.4 Å². The number of methoxy groups -OCH3 is 2. The highest BCUT2D eigenvalue weighted by molar-refractivity contribution is 7.16. The van der Waals surface area contributed by atoms with Crippen molar-refractivity contribution in [3.8, 4) is 35.3 Å². The lowest BCUT2D eigenvalue weighted by Crippen LogP contribution is -2.19. The van der Waals surface area contributed by atoms with Crippen LogP contribution >= 0.6 is 11.3 Å². The molecule has 0 unspecified atom stereocenters. The largest absolute Gasteiger partial charge is 0.494 e. The molecule has 8 heteroatoms. The van der Waals surface area contributed by atoms with Crippen LogP contribution in [0.1, 0.15) is 6.92 Å². The molecule has 0 saturated heterocycles. The van der Waals surface area contributed by atoms with Crippen LogP contribution in [0.5, 0.6) is 23.0 Å². The topological polar surface area (TPSA) is 71.3 Å². The fraction of sp³-hybridized carbons (Fsp3) is 0.273. The number of hydrogen-bond acceptors (Lipinski definition) is 6. The van der Waals surface area contributed by atoms with Crippen molar-refractivity contribution in [2.75, 3.05) is 27.4 Å². The molecular formula is C22H22N2O5S. The number of rotatable bonds is 8. The van der Waals surface area contributed by atoms with Crippen molar-refractivity contribution in [1.29, 1.82) is 0 Å². The van der Waals surface area contributed by atoms with E-state index in [0.717, 1.165) is 16.0 Å². The summed E-state index contributed by atoms with van der Waals surface area (Å²) in [6.07, 6.45) is 5.52. The Morgan fingerprint density at radius 3 is 2.33 bits per heavy atom. The Kier molecular flexibility index (Phi) is 6.99. The number of carbonyl (C=O) groups excluding carboxylic acids is 1. The van der Waals surface area contributed by atoms with E-state index in [-0.39, 0.29) is 13.2 Å². The van der Waals surface area contributed by atoms with E-state index in [0.29, 0.717) is 28.7 Å². The molecule has 0 bridgehead atoms. The van der Waals surface area contributed by atoms with Crippen LogP contribution in [-0.2, 0) is 11.3 Å². The lowest BCUT2D eigenvalue weighted by Gasteiger charge is -2.08. The number of fused-ring (bicyclic) bond motifs is 1. The first-order valence-corrected chi connectivity index (χ1v) is 10.0. The second-order valence-corrected chi connectivity index (χ2v) is 7.06. The highest BCUT2D eigenvalue weighted by Crippen LogP contribution is 2.33. The SMILES string of the molecule is C#CCn1c(=NC(=O)COc2ccc(OCC)cc2)sc2cc(OC)c(OC)cc21. The van der Waals surface area contributed by atoms with E-state index >= 15 is 0 Å². The molecule has 7 nitrogen and oxygen atoms in total. The van der Waals surface area contributed by atoms with Crippen molar-refractivity contribution < 1.29 is 23.7 Å². The zero-order valence-electron chi connectivity index (χ0n) is 17.0. The van der Waals surface area contributed by atoms with Crippen molar-refractivity contribution in [3.63, 3.8) is 0 Å². The third kappa shape index (κ3) is 4.75. The van der Waals surface area contributed by atoms with Crippen LogP contribution < -0.4 is 23.7 Å². The number of ether oxygens (including phenoxy) is 4. The molecule has 0 saturated carbocycles. The third-order valence-electron chi connectivity index (χ3n) is 4.15. The summed E-state index contributed by atoms with van der Waals surface area (Å²) in [5, 5.41) is 0. The van der Waals surface area contributed by atoms with Crippen molar-refractivity contribution in [3.05, 3.63) is 41.2 Å². The third-order valence-corrected chi connectivity index (χ3v) is 5.20. The highest BCUT2D eigenvalue weighted by Gasteiger charge is 2.13. The van der Waals surface area contributed by atoms with Crippen molar-refractivity contribution >= 4 is 27.5 Å². The number of hydrogen-bond donors (Lipinski definition) is 0. The highest BCUT2D eigenvalue weighted by atomic mass is 32.1. The summed E-state index contributed by atoms with van der Waals surface area (Å²) in [6.45, 7) is 2.58. The fourth-order valence-corrected chi connectivity index (χ4v) is 3.87. The average molecular weight is 426 g/mol. The van der Waals surface area contributed by atoms with E-state index in [9.17, 15) is 4.79 Å². The molecule has 1 heterocycles. The standard InChI is InChI=1S/C22H22N2O5S/c1-5-11-24-17-12-18(26-3)19(27-4)13-20(17)30-22(24)23-21(25)14-29-16-9-7-15(8-10-16)28-6-2/h1,7-10,12-13H,6,11,14H2,2-4H3. The monoisotopic (exact) mass is 426 g/mol. The smallest absolute Gasteiger partial charge is 0.286 e. The molecule has 156 valence electrons. The maximum absolute atomic E-state index is 12.4. The Morgan fingerprint density at radius 2 is 1.73 bits per heavy atom. The minimum atomic E-state index is -0.417. The normalized spacial score (nSPS) is 11.2. The Balaban J connectivity index is 1.85. The van der Waals surface area contributed by atoms with Crippen LogP contribution in [0.15, 0.2) is 41.4 Å². The molecule has 1 amide bonds. The first-order chi connectivity index (χ1) is 14.6. The summed E-state index contributed by atoms with van der Waals surface area (Å²) in [7, 11) is 3.13. The minimum absolute atomic E-state index is 0.190. The molecule has 0 aliphatic heterocycles. The van der Waals surface area contributed by atoms with Crippen LogP contribution in [0.2, 0.25) is 0 Å². The Labute approximate surface area is 178 Å². The van der Waals surface area contributed by atoms with Gasteiger partial charge in [-0.25, -0.2) is 0 Å². The summed E-state index contributed by atoms with van der Waals surface area (Å²) in [4.78, 5) is 17.1. The molecular weight excluding hydrogens is 404 g/mol. The number of thiazole rings is 1. The number of carbonyl (C=O) groups is 1. The number of nitrogens with zero attached hydrogens (tertiary/aromatic N) is 2. The van der Waals surface area contributed by atoms with Gasteiger partial charge >= 0.3 is 0 Å². The Morgan fingerprint density at radius 1 is 1.10 bits per heavy atom. The summed E-state index contributed by atoms with van der Waals surface area (Å²) in [5.74, 6) is 4.65. The van der Waals surface area contributed by atoms with Gasteiger partial charge in [0.15, 0.2) is 22.9 Å². The molecule has 3 rings (SSSR count). The van der Waals surface area contributed by atoms with E-state index in [1.165, 1.54) is 11.3 Å². The molecule has 0 N–H and O–H groups in total. The van der Waals surface area contributed by atoms with Gasteiger partial charge in [-0.3, -0.25) is 4.79 Å². The number of amides is 1. The molecule has 0 fully saturated rings. The van der Waals surface area contributed by atoms with Crippen LogP contribution in [-0.4, -0.2) is 37.9 Å². The maximum Gasteiger partial charge on any atom is 0.286 e. The van der Waals surface area contributed by atoms with Gasteiger partial charge in [-0.2, -0.15) is 4.99 Å². The zero-order chi connectivity index (χ0) is 21.5. The van der Waals surface area contributed by atoms with Crippen LogP contribution in [0.3, 0.4) is 0 Å². The second kappa shape index (κ2) is 9.85. The molecule has 0 aliphatic rings. The van der Waals surface area contributed by atoms with Crippen LogP contribution in [0.25, 0.3) is 10.2 Å². The van der Waals surface area contributed by atoms with Crippen LogP contribution in [0, 0.1) is 12.3 Å². The molecule has 3 aromatic rings. The molecule has 30 heavy (non-hydrogen) atoms. The van der Waals surface area contributed by atoms with E-state index in [1.807, 2.05) is 19.1 Å². The van der Waals surface area contributed by atoms with Gasteiger partial charge in [-0.05, 0) is 31.2 Å². The first-order valence-electron chi connectivity index (χ1n) is 9.21. The van der Waals surface area contributed by atoms with Gasteiger partial charge in [0.1, 0.15) is 11.5 Å². The molecule has 0 aliphatic carbocycles. The predicted octanol–water partition coefficient (Wildman–Crippen LogP) is 3.26. The summed E-state index contributed by atoms with van der Waals surface area (Å²) >= 11 is 1.34. The van der Waals surface area contributed by atoms with Crippen molar-refractivity contribution in [2.45, 2.75) is 13.5 Å². The zero-order valence-corrected chi connectivity index (χ0v) is 17.8. The van der Waals surface area contributed by atoms with Gasteiger partial charge in [0, 0.05) is 12.1 Å². The quantitative estimate of drug-likeness (QED) is 0.517. The van der Waals surface area contributed by atoms with Crippen molar-refractivity contribution in [1.82, 2.24) is 4.57 Å². The first kappa shape index (κ1) is 21.3. The van der Waals surface area contributed by atoms with Crippen molar-refractivity contribution in [2.24, 2.45) is 4.99 Å². The van der Waals surface area contributed by atoms with E-state index in [1.54, 1.807) is 43.1 Å². The molecule has 0 atom stereocenters. The summed E-state index contributed by atoms with van der Waals surface area (Å²) in [6, 6.07) is 10.7. The molecule has 0 spiro atoms. The van der Waals surface area contributed by atoms with Gasteiger partial charge in [-0.15, -0.1) is 6.42 Å². The maximum atomic E-state index is 12.4. The summed E-state index contributed by atoms with van der Waals surface area (Å²) < 4.78 is 24.3. The Hall–Kier alpha value is -3.44.